The fourth-order valence-corrected chi connectivity index (χ4v) is 1.53. The van der Waals surface area contributed by atoms with Crippen LogP contribution in [-0.4, -0.2) is 58.5 Å². The minimum atomic E-state index is -1.40. The van der Waals surface area contributed by atoms with Crippen molar-refractivity contribution in [1.82, 2.24) is 4.90 Å². The maximum atomic E-state index is 13.4. The predicted molar refractivity (Wildman–Crippen MR) is 68.1 cm³/mol. The molecule has 1 rings (SSSR count). The predicted octanol–water partition coefficient (Wildman–Crippen LogP) is 0.342. The van der Waals surface area contributed by atoms with Crippen LogP contribution in [0, 0.1) is 5.82 Å². The summed E-state index contributed by atoms with van der Waals surface area (Å²) in [6.45, 7) is -0.524. The van der Waals surface area contributed by atoms with E-state index in [0.29, 0.717) is 0 Å². The van der Waals surface area contributed by atoms with Crippen molar-refractivity contribution in [1.29, 1.82) is 0 Å². The first kappa shape index (κ1) is 15.9. The summed E-state index contributed by atoms with van der Waals surface area (Å²) in [4.78, 5) is 23.6. The van der Waals surface area contributed by atoms with Gasteiger partial charge in [0.25, 0.3) is 0 Å². The molecule has 0 spiro atoms. The maximum Gasteiger partial charge on any atom is 0.338 e. The molecule has 0 aliphatic rings. The van der Waals surface area contributed by atoms with E-state index < -0.39 is 23.4 Å². The van der Waals surface area contributed by atoms with Gasteiger partial charge in [-0.05, 0) is 18.2 Å². The quantitative estimate of drug-likeness (QED) is 0.603. The molecule has 110 valence electrons. The van der Waals surface area contributed by atoms with Gasteiger partial charge in [-0.1, -0.05) is 0 Å². The molecule has 0 saturated carbocycles. The van der Waals surface area contributed by atoms with E-state index in [1.165, 1.54) is 6.07 Å². The number of amides is 2. The number of halogens is 1. The van der Waals surface area contributed by atoms with Gasteiger partial charge in [0.15, 0.2) is 0 Å². The molecule has 20 heavy (non-hydrogen) atoms. The number of carbonyl (C=O) groups is 2. The Kier molecular flexibility index (Phi) is 5.88. The van der Waals surface area contributed by atoms with E-state index in [4.69, 9.17) is 15.3 Å². The zero-order valence-electron chi connectivity index (χ0n) is 10.5. The molecule has 0 bridgehead atoms. The smallest absolute Gasteiger partial charge is 0.338 e. The second-order valence-corrected chi connectivity index (χ2v) is 3.86. The number of carboxylic acid groups (broad SMARTS) is 1. The van der Waals surface area contributed by atoms with Crippen molar-refractivity contribution in [3.8, 4) is 0 Å². The molecule has 0 fully saturated rings. The number of rotatable bonds is 6. The highest BCUT2D eigenvalue weighted by molar-refractivity contribution is 5.91. The lowest BCUT2D eigenvalue weighted by atomic mass is 10.2. The van der Waals surface area contributed by atoms with Gasteiger partial charge in [0.1, 0.15) is 5.82 Å². The summed E-state index contributed by atoms with van der Waals surface area (Å²) in [6.07, 6.45) is 0. The standard InChI is InChI=1S/C12H15FN2O5/c13-10-7-8(1-2-9(10)11(18)19)14-12(20)15(3-5-16)4-6-17/h1-2,7,16-17H,3-6H2,(H,14,20)(H,18,19). The molecule has 1 aromatic carbocycles. The number of aliphatic hydroxyl groups excluding tert-OH is 2. The Hall–Kier alpha value is -2.19. The van der Waals surface area contributed by atoms with Gasteiger partial charge in [0.05, 0.1) is 18.8 Å². The Labute approximate surface area is 114 Å². The molecule has 7 nitrogen and oxygen atoms in total. The van der Waals surface area contributed by atoms with Gasteiger partial charge in [0, 0.05) is 18.8 Å². The van der Waals surface area contributed by atoms with Gasteiger partial charge in [-0.3, -0.25) is 0 Å². The van der Waals surface area contributed by atoms with Gasteiger partial charge in [-0.25, -0.2) is 14.0 Å². The SMILES string of the molecule is O=C(O)c1ccc(NC(=O)N(CCO)CCO)cc1F. The van der Waals surface area contributed by atoms with Crippen molar-refractivity contribution in [2.24, 2.45) is 0 Å². The average molecular weight is 286 g/mol. The molecule has 2 amide bonds. The molecule has 0 unspecified atom stereocenters. The van der Waals surface area contributed by atoms with E-state index >= 15 is 0 Å². The summed E-state index contributed by atoms with van der Waals surface area (Å²) in [5.41, 5.74) is -0.413. The number of hydrogen-bond acceptors (Lipinski definition) is 4. The topological polar surface area (TPSA) is 110 Å². The van der Waals surface area contributed by atoms with Crippen molar-refractivity contribution >= 4 is 17.7 Å². The Morgan fingerprint density at radius 2 is 1.80 bits per heavy atom. The number of carboxylic acids is 1. The molecule has 8 heteroatoms. The van der Waals surface area contributed by atoms with Crippen LogP contribution in [-0.2, 0) is 0 Å². The highest BCUT2D eigenvalue weighted by atomic mass is 19.1. The number of aliphatic hydroxyl groups is 2. The third-order valence-electron chi connectivity index (χ3n) is 2.48. The number of urea groups is 1. The Bertz CT molecular complexity index is 489. The molecule has 0 heterocycles. The van der Waals surface area contributed by atoms with Crippen molar-refractivity contribution < 1.29 is 29.3 Å². The highest BCUT2D eigenvalue weighted by Gasteiger charge is 2.15. The first-order chi connectivity index (χ1) is 9.49. The molecule has 0 aliphatic carbocycles. The second-order valence-electron chi connectivity index (χ2n) is 3.86. The second kappa shape index (κ2) is 7.41. The van der Waals surface area contributed by atoms with Crippen LogP contribution < -0.4 is 5.32 Å². The van der Waals surface area contributed by atoms with Gasteiger partial charge < -0.3 is 25.5 Å². The molecule has 0 aromatic heterocycles. The van der Waals surface area contributed by atoms with E-state index in [9.17, 15) is 14.0 Å². The number of benzene rings is 1. The number of anilines is 1. The molecule has 0 aliphatic heterocycles. The van der Waals surface area contributed by atoms with Gasteiger partial charge in [0.2, 0.25) is 0 Å². The number of nitrogens with zero attached hydrogens (tertiary/aromatic N) is 1. The van der Waals surface area contributed by atoms with E-state index in [-0.39, 0.29) is 32.0 Å². The molecule has 4 N–H and O–H groups in total. The van der Waals surface area contributed by atoms with Crippen LogP contribution in [0.1, 0.15) is 10.4 Å². The van der Waals surface area contributed by atoms with Crippen molar-refractivity contribution in [2.75, 3.05) is 31.6 Å². The zero-order valence-corrected chi connectivity index (χ0v) is 10.5. The van der Waals surface area contributed by atoms with Crippen molar-refractivity contribution in [3.63, 3.8) is 0 Å². The minimum absolute atomic E-state index is 0.0160. The van der Waals surface area contributed by atoms with Crippen LogP contribution in [0.4, 0.5) is 14.9 Å². The molecule has 0 radical (unpaired) electrons. The van der Waals surface area contributed by atoms with E-state index in [1.807, 2.05) is 0 Å². The van der Waals surface area contributed by atoms with Crippen molar-refractivity contribution in [2.45, 2.75) is 0 Å². The maximum absolute atomic E-state index is 13.4. The van der Waals surface area contributed by atoms with Crippen LogP contribution in [0.15, 0.2) is 18.2 Å². The fraction of sp³-hybridized carbons (Fsp3) is 0.333. The summed E-state index contributed by atoms with van der Waals surface area (Å²) in [5.74, 6) is -2.37. The van der Waals surface area contributed by atoms with Crippen LogP contribution >= 0.6 is 0 Å². The van der Waals surface area contributed by atoms with Crippen LogP contribution in [0.25, 0.3) is 0 Å². The highest BCUT2D eigenvalue weighted by Crippen LogP contribution is 2.15. The Morgan fingerprint density at radius 1 is 1.20 bits per heavy atom. The van der Waals surface area contributed by atoms with Gasteiger partial charge in [-0.2, -0.15) is 0 Å². The van der Waals surface area contributed by atoms with E-state index in [1.54, 1.807) is 0 Å². The summed E-state index contributed by atoms with van der Waals surface area (Å²) >= 11 is 0. The van der Waals surface area contributed by atoms with Gasteiger partial charge >= 0.3 is 12.0 Å². The molecule has 1 aromatic rings. The summed E-state index contributed by atoms with van der Waals surface area (Å²) in [5, 5.41) is 28.6. The first-order valence-corrected chi connectivity index (χ1v) is 5.80. The normalized spacial score (nSPS) is 10.2. The minimum Gasteiger partial charge on any atom is -0.478 e. The number of aromatic carboxylic acids is 1. The van der Waals surface area contributed by atoms with E-state index in [2.05, 4.69) is 5.32 Å². The molecule has 0 saturated heterocycles. The number of hydrogen-bond donors (Lipinski definition) is 4. The van der Waals surface area contributed by atoms with Crippen LogP contribution in [0.2, 0.25) is 0 Å². The first-order valence-electron chi connectivity index (χ1n) is 5.80. The van der Waals surface area contributed by atoms with Crippen LogP contribution in [0.5, 0.6) is 0 Å². The Morgan fingerprint density at radius 3 is 2.25 bits per heavy atom. The summed E-state index contributed by atoms with van der Waals surface area (Å²) in [6, 6.07) is 2.55. The third-order valence-corrected chi connectivity index (χ3v) is 2.48. The lowest BCUT2D eigenvalue weighted by Gasteiger charge is -2.21. The lowest BCUT2D eigenvalue weighted by molar-refractivity contribution is 0.0692. The number of carbonyl (C=O) groups excluding carboxylic acids is 1. The van der Waals surface area contributed by atoms with Gasteiger partial charge in [-0.15, -0.1) is 0 Å². The monoisotopic (exact) mass is 286 g/mol. The molecular formula is C12H15FN2O5. The third kappa shape index (κ3) is 4.18. The molecule has 0 atom stereocenters. The fourth-order valence-electron chi connectivity index (χ4n) is 1.53. The molecular weight excluding hydrogens is 271 g/mol. The van der Waals surface area contributed by atoms with E-state index in [0.717, 1.165) is 17.0 Å². The zero-order chi connectivity index (χ0) is 15.1. The average Bonchev–Trinajstić information content (AvgIpc) is 2.38. The lowest BCUT2D eigenvalue weighted by Crippen LogP contribution is -2.39. The largest absolute Gasteiger partial charge is 0.478 e. The Balaban J connectivity index is 2.79. The summed E-state index contributed by atoms with van der Waals surface area (Å²) < 4.78 is 13.4. The van der Waals surface area contributed by atoms with Crippen LogP contribution in [0.3, 0.4) is 0 Å². The summed E-state index contributed by atoms with van der Waals surface area (Å²) in [7, 11) is 0. The van der Waals surface area contributed by atoms with Crippen molar-refractivity contribution in [3.05, 3.63) is 29.6 Å². The number of nitrogens with one attached hydrogen (secondary N) is 1.